The molecule has 0 bridgehead atoms. The fourth-order valence-electron chi connectivity index (χ4n) is 2.88. The van der Waals surface area contributed by atoms with E-state index in [-0.39, 0.29) is 17.6 Å². The first kappa shape index (κ1) is 21.4. The fourth-order valence-corrected chi connectivity index (χ4v) is 2.88. The van der Waals surface area contributed by atoms with Crippen molar-refractivity contribution in [2.45, 2.75) is 6.36 Å². The first-order valence-corrected chi connectivity index (χ1v) is 9.42. The van der Waals surface area contributed by atoms with Crippen molar-refractivity contribution in [2.24, 2.45) is 0 Å². The smallest absolute Gasteiger partial charge is 0.406 e. The van der Waals surface area contributed by atoms with E-state index < -0.39 is 18.0 Å². The molecule has 0 unspecified atom stereocenters. The average Bonchev–Trinajstić information content (AvgIpc) is 3.23. The number of ether oxygens (including phenoxy) is 2. The number of alkyl halides is 3. The standard InChI is InChI=1S/C19H17F3N6O4/c20-19(21,22)32-14-3-1-2-12(10-14)25-18-27-26-17(31-18)16(29)24-13-4-5-15(23-11-13)28-6-8-30-9-7-28/h1-5,10-11H,6-9H2,(H,24,29)(H,25,27). The highest BCUT2D eigenvalue weighted by atomic mass is 19.4. The van der Waals surface area contributed by atoms with Gasteiger partial charge in [-0.25, -0.2) is 4.98 Å². The molecule has 1 amide bonds. The number of nitrogens with one attached hydrogen (secondary N) is 2. The maximum atomic E-state index is 12.3. The number of halogens is 3. The Bertz CT molecular complexity index is 1070. The summed E-state index contributed by atoms with van der Waals surface area (Å²) in [5, 5.41) is 12.5. The summed E-state index contributed by atoms with van der Waals surface area (Å²) in [5.41, 5.74) is 0.627. The molecule has 168 valence electrons. The largest absolute Gasteiger partial charge is 0.573 e. The highest BCUT2D eigenvalue weighted by Crippen LogP contribution is 2.26. The summed E-state index contributed by atoms with van der Waals surface area (Å²) in [7, 11) is 0. The van der Waals surface area contributed by atoms with Gasteiger partial charge in [0.1, 0.15) is 11.6 Å². The lowest BCUT2D eigenvalue weighted by Crippen LogP contribution is -2.36. The molecule has 10 nitrogen and oxygen atoms in total. The van der Waals surface area contributed by atoms with Crippen molar-refractivity contribution in [1.29, 1.82) is 0 Å². The van der Waals surface area contributed by atoms with E-state index in [1.165, 1.54) is 18.3 Å². The normalized spacial score (nSPS) is 14.2. The SMILES string of the molecule is O=C(Nc1ccc(N2CCOCC2)nc1)c1nnc(Nc2cccc(OC(F)(F)F)c2)o1. The Morgan fingerprint density at radius 1 is 1.09 bits per heavy atom. The van der Waals surface area contributed by atoms with Crippen LogP contribution in [0.3, 0.4) is 0 Å². The Hall–Kier alpha value is -3.87. The Morgan fingerprint density at radius 2 is 1.91 bits per heavy atom. The van der Waals surface area contributed by atoms with Gasteiger partial charge in [0.2, 0.25) is 0 Å². The maximum absolute atomic E-state index is 12.3. The van der Waals surface area contributed by atoms with Crippen LogP contribution >= 0.6 is 0 Å². The molecule has 0 saturated carbocycles. The molecule has 1 aliphatic rings. The van der Waals surface area contributed by atoms with Gasteiger partial charge < -0.3 is 29.4 Å². The van der Waals surface area contributed by atoms with Crippen LogP contribution < -0.4 is 20.3 Å². The van der Waals surface area contributed by atoms with Crippen molar-refractivity contribution >= 4 is 29.1 Å². The van der Waals surface area contributed by atoms with Crippen LogP contribution in [0.5, 0.6) is 5.75 Å². The third kappa shape index (κ3) is 5.63. The minimum atomic E-state index is -4.82. The van der Waals surface area contributed by atoms with Crippen LogP contribution in [-0.4, -0.2) is 53.8 Å². The molecule has 0 radical (unpaired) electrons. The number of nitrogens with zero attached hydrogens (tertiary/aromatic N) is 4. The highest BCUT2D eigenvalue weighted by molar-refractivity contribution is 6.00. The van der Waals surface area contributed by atoms with E-state index in [0.717, 1.165) is 31.0 Å². The van der Waals surface area contributed by atoms with Gasteiger partial charge in [-0.1, -0.05) is 11.2 Å². The molecule has 1 fully saturated rings. The van der Waals surface area contributed by atoms with E-state index in [1.807, 2.05) is 0 Å². The third-order valence-corrected chi connectivity index (χ3v) is 4.28. The van der Waals surface area contributed by atoms with Crippen LogP contribution in [0.25, 0.3) is 0 Å². The zero-order valence-electron chi connectivity index (χ0n) is 16.4. The summed E-state index contributed by atoms with van der Waals surface area (Å²) in [6.45, 7) is 2.74. The van der Waals surface area contributed by atoms with Crippen LogP contribution in [-0.2, 0) is 4.74 Å². The predicted molar refractivity (Wildman–Crippen MR) is 106 cm³/mol. The third-order valence-electron chi connectivity index (χ3n) is 4.28. The fraction of sp³-hybridized carbons (Fsp3) is 0.263. The van der Waals surface area contributed by atoms with Crippen molar-refractivity contribution < 1.29 is 31.9 Å². The van der Waals surface area contributed by atoms with Crippen molar-refractivity contribution in [3.63, 3.8) is 0 Å². The Kier molecular flexibility index (Phi) is 6.07. The van der Waals surface area contributed by atoms with Crippen molar-refractivity contribution in [3.05, 3.63) is 48.5 Å². The Balaban J connectivity index is 1.36. The number of amides is 1. The summed E-state index contributed by atoms with van der Waals surface area (Å²) >= 11 is 0. The molecule has 0 spiro atoms. The minimum Gasteiger partial charge on any atom is -0.406 e. The van der Waals surface area contributed by atoms with Gasteiger partial charge in [-0.05, 0) is 24.3 Å². The molecule has 2 aromatic heterocycles. The second-order valence-electron chi connectivity index (χ2n) is 6.57. The number of morpholine rings is 1. The molecule has 2 N–H and O–H groups in total. The number of carbonyl (C=O) groups is 1. The molecule has 3 heterocycles. The van der Waals surface area contributed by atoms with Crippen molar-refractivity contribution in [3.8, 4) is 5.75 Å². The molecule has 0 aliphatic carbocycles. The molecular weight excluding hydrogens is 433 g/mol. The average molecular weight is 450 g/mol. The molecule has 0 atom stereocenters. The lowest BCUT2D eigenvalue weighted by Gasteiger charge is -2.27. The van der Waals surface area contributed by atoms with Gasteiger partial charge in [-0.3, -0.25) is 4.79 Å². The number of aromatic nitrogens is 3. The Labute approximate surface area is 179 Å². The number of carbonyl (C=O) groups excluding carboxylic acids is 1. The van der Waals surface area contributed by atoms with E-state index in [9.17, 15) is 18.0 Å². The van der Waals surface area contributed by atoms with Gasteiger partial charge in [0.15, 0.2) is 0 Å². The topological polar surface area (TPSA) is 115 Å². The summed E-state index contributed by atoms with van der Waals surface area (Å²) < 4.78 is 51.4. The zero-order valence-corrected chi connectivity index (χ0v) is 16.4. The van der Waals surface area contributed by atoms with E-state index in [1.54, 1.807) is 12.1 Å². The summed E-state index contributed by atoms with van der Waals surface area (Å²) in [6.07, 6.45) is -3.31. The van der Waals surface area contributed by atoms with E-state index in [4.69, 9.17) is 9.15 Å². The second-order valence-corrected chi connectivity index (χ2v) is 6.57. The molecule has 4 rings (SSSR count). The molecule has 1 aromatic carbocycles. The lowest BCUT2D eigenvalue weighted by molar-refractivity contribution is -0.274. The van der Waals surface area contributed by atoms with Crippen molar-refractivity contribution in [2.75, 3.05) is 41.8 Å². The van der Waals surface area contributed by atoms with Gasteiger partial charge in [-0.15, -0.1) is 18.3 Å². The predicted octanol–water partition coefficient (Wildman–Crippen LogP) is 3.20. The number of pyridine rings is 1. The van der Waals surface area contributed by atoms with Gasteiger partial charge in [0.25, 0.3) is 0 Å². The monoisotopic (exact) mass is 450 g/mol. The van der Waals surface area contributed by atoms with Crippen molar-refractivity contribution in [1.82, 2.24) is 15.2 Å². The van der Waals surface area contributed by atoms with Crippen LogP contribution in [0.1, 0.15) is 10.7 Å². The molecule has 32 heavy (non-hydrogen) atoms. The van der Waals surface area contributed by atoms with E-state index in [2.05, 4.69) is 35.5 Å². The number of benzene rings is 1. The van der Waals surface area contributed by atoms with Gasteiger partial charge in [0, 0.05) is 24.8 Å². The first-order chi connectivity index (χ1) is 15.4. The lowest BCUT2D eigenvalue weighted by atomic mass is 10.3. The number of hydrogen-bond donors (Lipinski definition) is 2. The molecule has 13 heteroatoms. The summed E-state index contributed by atoms with van der Waals surface area (Å²) in [5.74, 6) is -0.659. The van der Waals surface area contributed by atoms with Gasteiger partial charge in [0.05, 0.1) is 25.1 Å². The highest BCUT2D eigenvalue weighted by Gasteiger charge is 2.31. The maximum Gasteiger partial charge on any atom is 0.573 e. The van der Waals surface area contributed by atoms with Gasteiger partial charge >= 0.3 is 24.2 Å². The molecule has 1 aliphatic heterocycles. The first-order valence-electron chi connectivity index (χ1n) is 9.42. The van der Waals surface area contributed by atoms with Gasteiger partial charge in [-0.2, -0.15) is 0 Å². The van der Waals surface area contributed by atoms with Crippen LogP contribution in [0, 0.1) is 0 Å². The minimum absolute atomic E-state index is 0.180. The van der Waals surface area contributed by atoms with Crippen LogP contribution in [0.4, 0.5) is 36.4 Å². The Morgan fingerprint density at radius 3 is 2.62 bits per heavy atom. The number of rotatable bonds is 6. The van der Waals surface area contributed by atoms with Crippen LogP contribution in [0.15, 0.2) is 47.0 Å². The quantitative estimate of drug-likeness (QED) is 0.584. The summed E-state index contributed by atoms with van der Waals surface area (Å²) in [6, 6.07) is 8.34. The summed E-state index contributed by atoms with van der Waals surface area (Å²) in [4.78, 5) is 18.7. The number of hydrogen-bond acceptors (Lipinski definition) is 9. The number of anilines is 4. The van der Waals surface area contributed by atoms with E-state index in [0.29, 0.717) is 18.9 Å². The van der Waals surface area contributed by atoms with E-state index >= 15 is 0 Å². The van der Waals surface area contributed by atoms with Crippen LogP contribution in [0.2, 0.25) is 0 Å². The second kappa shape index (κ2) is 9.09. The molecule has 3 aromatic rings. The molecule has 1 saturated heterocycles. The zero-order chi connectivity index (χ0) is 22.6. The molecular formula is C19H17F3N6O4.